The number of ether oxygens (including phenoxy) is 2. The molecule has 2 N–H and O–H groups in total. The zero-order chi connectivity index (χ0) is 26.0. The second kappa shape index (κ2) is 10.1. The van der Waals surface area contributed by atoms with E-state index in [4.69, 9.17) is 9.47 Å². The van der Waals surface area contributed by atoms with E-state index in [0.717, 1.165) is 22.2 Å². The molecule has 1 aromatic heterocycles. The van der Waals surface area contributed by atoms with Crippen LogP contribution in [0.1, 0.15) is 58.7 Å². The van der Waals surface area contributed by atoms with Crippen molar-refractivity contribution in [1.82, 2.24) is 15.2 Å². The number of esters is 1. The van der Waals surface area contributed by atoms with Gasteiger partial charge in [0.05, 0.1) is 7.11 Å². The molecule has 1 saturated heterocycles. The van der Waals surface area contributed by atoms with Crippen LogP contribution in [0.4, 0.5) is 4.79 Å². The van der Waals surface area contributed by atoms with Crippen LogP contribution < -0.4 is 5.32 Å². The van der Waals surface area contributed by atoms with Crippen molar-refractivity contribution in [2.24, 2.45) is 0 Å². The number of likely N-dealkylation sites (tertiary alicyclic amines) is 1. The molecule has 2 heterocycles. The molecule has 3 rings (SSSR count). The topological polar surface area (TPSA) is 101 Å². The second-order valence-electron chi connectivity index (χ2n) is 10.6. The van der Waals surface area contributed by atoms with Crippen LogP contribution >= 0.6 is 0 Å². The Labute approximate surface area is 207 Å². The fourth-order valence-corrected chi connectivity index (χ4v) is 4.45. The Morgan fingerprint density at radius 3 is 2.54 bits per heavy atom. The monoisotopic (exact) mass is 483 g/mol. The molecule has 1 aliphatic heterocycles. The third kappa shape index (κ3) is 5.86. The highest BCUT2D eigenvalue weighted by Gasteiger charge is 2.38. The molecule has 8 nitrogen and oxygen atoms in total. The number of allylic oxidation sites excluding steroid dienone is 1. The number of amides is 2. The number of H-pyrrole nitrogens is 1. The minimum atomic E-state index is -0.924. The smallest absolute Gasteiger partial charge is 0.410 e. The standard InChI is InChI=1S/C27H37N3O5/c1-8-27(5,6)22-18(17-12-9-10-13-19(17)28-22)16-20(24(32)34-7)29-23(31)21-14-11-15-30(21)25(33)35-26(2,3)4/h8-10,12-13,20-21,28H,1,11,14-16H2,2-7H3,(H,29,31)/t20-,21-/m0/s1. The summed E-state index contributed by atoms with van der Waals surface area (Å²) < 4.78 is 10.5. The highest BCUT2D eigenvalue weighted by atomic mass is 16.6. The van der Waals surface area contributed by atoms with Gasteiger partial charge in [-0.15, -0.1) is 6.58 Å². The van der Waals surface area contributed by atoms with Gasteiger partial charge < -0.3 is 19.8 Å². The number of carbonyl (C=O) groups is 3. The normalized spacial score (nSPS) is 17.2. The van der Waals surface area contributed by atoms with Gasteiger partial charge in [0.1, 0.15) is 17.7 Å². The van der Waals surface area contributed by atoms with E-state index < -0.39 is 41.1 Å². The van der Waals surface area contributed by atoms with Gasteiger partial charge in [-0.05, 0) is 45.2 Å². The number of carbonyl (C=O) groups excluding carboxylic acids is 3. The Morgan fingerprint density at radius 1 is 1.23 bits per heavy atom. The molecule has 1 aliphatic rings. The fourth-order valence-electron chi connectivity index (χ4n) is 4.45. The van der Waals surface area contributed by atoms with E-state index in [2.05, 4.69) is 16.9 Å². The molecule has 35 heavy (non-hydrogen) atoms. The van der Waals surface area contributed by atoms with E-state index in [9.17, 15) is 14.4 Å². The maximum absolute atomic E-state index is 13.3. The van der Waals surface area contributed by atoms with Crippen molar-refractivity contribution in [2.45, 2.75) is 77.0 Å². The SMILES string of the molecule is C=CC(C)(C)c1[nH]c2ccccc2c1C[C@H](NC(=O)[C@@H]1CCCN1C(=O)OC(C)(C)C)C(=O)OC. The summed E-state index contributed by atoms with van der Waals surface area (Å²) in [6.45, 7) is 13.8. The lowest BCUT2D eigenvalue weighted by molar-refractivity contribution is -0.145. The third-order valence-electron chi connectivity index (χ3n) is 6.36. The van der Waals surface area contributed by atoms with Crippen molar-refractivity contribution in [3.05, 3.63) is 48.2 Å². The lowest BCUT2D eigenvalue weighted by Gasteiger charge is -2.29. The van der Waals surface area contributed by atoms with Crippen molar-refractivity contribution in [3.63, 3.8) is 0 Å². The second-order valence-corrected chi connectivity index (χ2v) is 10.6. The predicted molar refractivity (Wildman–Crippen MR) is 135 cm³/mol. The summed E-state index contributed by atoms with van der Waals surface area (Å²) in [5.74, 6) is -0.944. The number of nitrogens with zero attached hydrogens (tertiary/aromatic N) is 1. The van der Waals surface area contributed by atoms with Crippen molar-refractivity contribution in [3.8, 4) is 0 Å². The number of para-hydroxylation sites is 1. The molecule has 0 aliphatic carbocycles. The lowest BCUT2D eigenvalue weighted by Crippen LogP contribution is -2.52. The van der Waals surface area contributed by atoms with Crippen molar-refractivity contribution < 1.29 is 23.9 Å². The number of benzene rings is 1. The summed E-state index contributed by atoms with van der Waals surface area (Å²) in [5, 5.41) is 3.82. The third-order valence-corrected chi connectivity index (χ3v) is 6.36. The van der Waals surface area contributed by atoms with E-state index in [1.165, 1.54) is 12.0 Å². The number of hydrogen-bond acceptors (Lipinski definition) is 5. The number of hydrogen-bond donors (Lipinski definition) is 2. The molecule has 1 fully saturated rings. The van der Waals surface area contributed by atoms with Crippen LogP contribution in [-0.2, 0) is 30.9 Å². The zero-order valence-electron chi connectivity index (χ0n) is 21.6. The molecule has 2 atom stereocenters. The fraction of sp³-hybridized carbons (Fsp3) is 0.519. The Bertz CT molecular complexity index is 1110. The van der Waals surface area contributed by atoms with Crippen molar-refractivity contribution in [1.29, 1.82) is 0 Å². The van der Waals surface area contributed by atoms with Crippen LogP contribution in [0.3, 0.4) is 0 Å². The van der Waals surface area contributed by atoms with E-state index >= 15 is 0 Å². The molecule has 0 saturated carbocycles. The molecule has 2 amide bonds. The molecular weight excluding hydrogens is 446 g/mol. The van der Waals surface area contributed by atoms with Crippen LogP contribution in [0.15, 0.2) is 36.9 Å². The minimum Gasteiger partial charge on any atom is -0.467 e. The molecule has 0 unspecified atom stereocenters. The first-order chi connectivity index (χ1) is 16.4. The largest absolute Gasteiger partial charge is 0.467 e. The molecule has 1 aromatic carbocycles. The quantitative estimate of drug-likeness (QED) is 0.453. The minimum absolute atomic E-state index is 0.230. The first-order valence-corrected chi connectivity index (χ1v) is 12.0. The summed E-state index contributed by atoms with van der Waals surface area (Å²) in [6, 6.07) is 6.22. The summed E-state index contributed by atoms with van der Waals surface area (Å²) in [7, 11) is 1.30. The van der Waals surface area contributed by atoms with Gasteiger partial charge in [-0.3, -0.25) is 9.69 Å². The van der Waals surface area contributed by atoms with Crippen molar-refractivity contribution in [2.75, 3.05) is 13.7 Å². The molecule has 190 valence electrons. The highest BCUT2D eigenvalue weighted by Crippen LogP contribution is 2.33. The summed E-state index contributed by atoms with van der Waals surface area (Å²) in [5.41, 5.74) is 1.72. The average Bonchev–Trinajstić information content (AvgIpc) is 3.43. The Kier molecular flexibility index (Phi) is 7.62. The first kappa shape index (κ1) is 26.3. The molecular formula is C27H37N3O5. The molecule has 0 bridgehead atoms. The maximum atomic E-state index is 13.3. The average molecular weight is 484 g/mol. The van der Waals surface area contributed by atoms with Gasteiger partial charge in [0.25, 0.3) is 0 Å². The van der Waals surface area contributed by atoms with Gasteiger partial charge in [-0.25, -0.2) is 9.59 Å². The number of methoxy groups -OCH3 is 1. The Morgan fingerprint density at radius 2 is 1.91 bits per heavy atom. The number of aromatic amines is 1. The van der Waals surface area contributed by atoms with Gasteiger partial charge in [0, 0.05) is 35.0 Å². The van der Waals surface area contributed by atoms with Gasteiger partial charge in [-0.1, -0.05) is 38.1 Å². The Hall–Kier alpha value is -3.29. The van der Waals surface area contributed by atoms with E-state index in [0.29, 0.717) is 19.4 Å². The Balaban J connectivity index is 1.89. The van der Waals surface area contributed by atoms with E-state index in [-0.39, 0.29) is 6.42 Å². The van der Waals surface area contributed by atoms with Crippen LogP contribution in [-0.4, -0.2) is 59.2 Å². The molecule has 0 spiro atoms. The lowest BCUT2D eigenvalue weighted by atomic mass is 9.85. The van der Waals surface area contributed by atoms with Crippen LogP contribution in [0.2, 0.25) is 0 Å². The predicted octanol–water partition coefficient (Wildman–Crippen LogP) is 4.23. The number of fused-ring (bicyclic) bond motifs is 1. The number of nitrogens with one attached hydrogen (secondary N) is 2. The summed E-state index contributed by atoms with van der Waals surface area (Å²) >= 11 is 0. The van der Waals surface area contributed by atoms with Crippen molar-refractivity contribution >= 4 is 28.9 Å². The number of aromatic nitrogens is 1. The highest BCUT2D eigenvalue weighted by molar-refractivity contribution is 5.91. The van der Waals surface area contributed by atoms with Crippen LogP contribution in [0, 0.1) is 0 Å². The molecule has 2 aromatic rings. The van der Waals surface area contributed by atoms with Crippen LogP contribution in [0.5, 0.6) is 0 Å². The van der Waals surface area contributed by atoms with E-state index in [1.807, 2.05) is 44.2 Å². The van der Waals surface area contributed by atoms with Gasteiger partial charge in [-0.2, -0.15) is 0 Å². The van der Waals surface area contributed by atoms with Gasteiger partial charge in [0.2, 0.25) is 5.91 Å². The van der Waals surface area contributed by atoms with Gasteiger partial charge in [0.15, 0.2) is 0 Å². The van der Waals surface area contributed by atoms with E-state index in [1.54, 1.807) is 20.8 Å². The summed E-state index contributed by atoms with van der Waals surface area (Å²) in [4.78, 5) is 43.6. The maximum Gasteiger partial charge on any atom is 0.410 e. The number of rotatable bonds is 7. The molecule has 0 radical (unpaired) electrons. The first-order valence-electron chi connectivity index (χ1n) is 12.0. The summed E-state index contributed by atoms with van der Waals surface area (Å²) in [6.07, 6.45) is 2.73. The van der Waals surface area contributed by atoms with Crippen LogP contribution in [0.25, 0.3) is 10.9 Å². The zero-order valence-corrected chi connectivity index (χ0v) is 21.6. The van der Waals surface area contributed by atoms with Gasteiger partial charge >= 0.3 is 12.1 Å². The molecule has 8 heteroatoms.